The Morgan fingerprint density at radius 1 is 1.12 bits per heavy atom. The fourth-order valence-corrected chi connectivity index (χ4v) is 2.60. The minimum atomic E-state index is 0.00869. The van der Waals surface area contributed by atoms with Crippen molar-refractivity contribution >= 4 is 17.5 Å². The van der Waals surface area contributed by atoms with Crippen molar-refractivity contribution in [2.24, 2.45) is 0 Å². The summed E-state index contributed by atoms with van der Waals surface area (Å²) in [7, 11) is 0. The molecule has 26 heavy (non-hydrogen) atoms. The van der Waals surface area contributed by atoms with Gasteiger partial charge in [0.2, 0.25) is 11.8 Å². The predicted molar refractivity (Wildman–Crippen MR) is 99.3 cm³/mol. The van der Waals surface area contributed by atoms with Gasteiger partial charge in [-0.05, 0) is 17.7 Å². The van der Waals surface area contributed by atoms with Crippen LogP contribution >= 0.6 is 11.6 Å². The van der Waals surface area contributed by atoms with Crippen LogP contribution < -0.4 is 10.1 Å². The van der Waals surface area contributed by atoms with Gasteiger partial charge in [0.05, 0.1) is 25.1 Å². The first-order valence-electron chi connectivity index (χ1n) is 8.29. The van der Waals surface area contributed by atoms with Gasteiger partial charge in [0.15, 0.2) is 0 Å². The van der Waals surface area contributed by atoms with Crippen LogP contribution in [0.25, 0.3) is 11.3 Å². The Labute approximate surface area is 156 Å². The van der Waals surface area contributed by atoms with Crippen molar-refractivity contribution in [1.29, 1.82) is 0 Å². The number of anilines is 1. The fraction of sp³-hybridized carbons (Fsp3) is 0.211. The highest BCUT2D eigenvalue weighted by atomic mass is 35.5. The number of pyridine rings is 1. The molecule has 4 rings (SSSR count). The molecule has 2 aromatic heterocycles. The number of hydrogen-bond donors (Lipinski definition) is 1. The van der Waals surface area contributed by atoms with Crippen molar-refractivity contribution in [2.45, 2.75) is 12.6 Å². The van der Waals surface area contributed by atoms with Crippen molar-refractivity contribution < 1.29 is 9.47 Å². The van der Waals surface area contributed by atoms with Gasteiger partial charge in [-0.15, -0.1) is 0 Å². The molecule has 6 nitrogen and oxygen atoms in total. The number of ether oxygens (including phenoxy) is 2. The number of nitrogens with one attached hydrogen (secondary N) is 1. The van der Waals surface area contributed by atoms with E-state index in [0.29, 0.717) is 36.6 Å². The molecule has 132 valence electrons. The molecular formula is C19H17ClN4O2. The first-order chi connectivity index (χ1) is 12.8. The lowest BCUT2D eigenvalue weighted by Crippen LogP contribution is -2.38. The van der Waals surface area contributed by atoms with E-state index in [9.17, 15) is 0 Å². The van der Waals surface area contributed by atoms with Gasteiger partial charge in [0.25, 0.3) is 0 Å². The molecule has 0 amide bonds. The number of hydrogen-bond acceptors (Lipinski definition) is 6. The Balaban J connectivity index is 1.40. The molecule has 3 aromatic rings. The summed E-state index contributed by atoms with van der Waals surface area (Å²) in [5.74, 6) is 0.849. The summed E-state index contributed by atoms with van der Waals surface area (Å²) in [5.41, 5.74) is 3.14. The molecule has 0 aliphatic carbocycles. The lowest BCUT2D eigenvalue weighted by atomic mass is 10.1. The lowest BCUT2D eigenvalue weighted by molar-refractivity contribution is -0.0812. The van der Waals surface area contributed by atoms with E-state index in [1.54, 1.807) is 6.20 Å². The number of benzene rings is 1. The maximum atomic E-state index is 6.09. The van der Waals surface area contributed by atoms with Gasteiger partial charge in [-0.25, -0.2) is 4.98 Å². The van der Waals surface area contributed by atoms with Gasteiger partial charge in [-0.3, -0.25) is 4.98 Å². The number of nitrogens with zero attached hydrogens (tertiary/aromatic N) is 3. The van der Waals surface area contributed by atoms with E-state index >= 15 is 0 Å². The third-order valence-corrected chi connectivity index (χ3v) is 4.22. The standard InChI is InChI=1S/C19H17ClN4O2/c20-16-10-23-19(24-18(16)26-15-11-25-12-15)22-9-13-4-6-14(7-5-13)17-3-1-2-8-21-17/h1-8,10,15H,9,11-12H2,(H,22,23,24). The van der Waals surface area contributed by atoms with Crippen molar-refractivity contribution in [3.05, 3.63) is 65.4 Å². The molecule has 3 heterocycles. The average Bonchev–Trinajstić information content (AvgIpc) is 2.66. The van der Waals surface area contributed by atoms with E-state index in [1.165, 1.54) is 6.20 Å². The molecule has 7 heteroatoms. The normalized spacial score (nSPS) is 13.9. The van der Waals surface area contributed by atoms with Gasteiger partial charge in [-0.2, -0.15) is 4.98 Å². The number of aromatic nitrogens is 3. The molecule has 1 aliphatic rings. The summed E-state index contributed by atoms with van der Waals surface area (Å²) >= 11 is 6.09. The van der Waals surface area contributed by atoms with Crippen LogP contribution in [0.3, 0.4) is 0 Å². The Morgan fingerprint density at radius 3 is 2.65 bits per heavy atom. The molecule has 0 saturated carbocycles. The molecule has 1 N–H and O–H groups in total. The number of halogens is 1. The lowest BCUT2D eigenvalue weighted by Gasteiger charge is -2.26. The molecule has 1 fully saturated rings. The Hall–Kier alpha value is -2.70. The summed E-state index contributed by atoms with van der Waals surface area (Å²) in [6, 6.07) is 14.1. The van der Waals surface area contributed by atoms with Gasteiger partial charge >= 0.3 is 0 Å². The predicted octanol–water partition coefficient (Wildman–Crippen LogP) is 3.58. The maximum absolute atomic E-state index is 6.09. The zero-order valence-corrected chi connectivity index (χ0v) is 14.7. The van der Waals surface area contributed by atoms with Crippen LogP contribution in [0.1, 0.15) is 5.56 Å². The molecule has 0 bridgehead atoms. The second-order valence-electron chi connectivity index (χ2n) is 5.89. The highest BCUT2D eigenvalue weighted by molar-refractivity contribution is 6.31. The highest BCUT2D eigenvalue weighted by Crippen LogP contribution is 2.24. The maximum Gasteiger partial charge on any atom is 0.237 e. The van der Waals surface area contributed by atoms with E-state index in [2.05, 4.69) is 32.4 Å². The van der Waals surface area contributed by atoms with Crippen molar-refractivity contribution in [3.8, 4) is 17.1 Å². The Morgan fingerprint density at radius 2 is 1.96 bits per heavy atom. The van der Waals surface area contributed by atoms with E-state index < -0.39 is 0 Å². The van der Waals surface area contributed by atoms with Crippen LogP contribution in [0.4, 0.5) is 5.95 Å². The largest absolute Gasteiger partial charge is 0.468 e. The minimum Gasteiger partial charge on any atom is -0.468 e. The first-order valence-corrected chi connectivity index (χ1v) is 8.67. The highest BCUT2D eigenvalue weighted by Gasteiger charge is 2.22. The third kappa shape index (κ3) is 3.92. The molecule has 0 unspecified atom stereocenters. The summed E-state index contributed by atoms with van der Waals surface area (Å²) in [6.07, 6.45) is 3.34. The van der Waals surface area contributed by atoms with E-state index in [0.717, 1.165) is 16.8 Å². The van der Waals surface area contributed by atoms with Gasteiger partial charge < -0.3 is 14.8 Å². The summed E-state index contributed by atoms with van der Waals surface area (Å²) < 4.78 is 10.8. The zero-order chi connectivity index (χ0) is 17.8. The van der Waals surface area contributed by atoms with Crippen molar-refractivity contribution in [2.75, 3.05) is 18.5 Å². The summed E-state index contributed by atoms with van der Waals surface area (Å²) in [6.45, 7) is 1.72. The monoisotopic (exact) mass is 368 g/mol. The van der Waals surface area contributed by atoms with E-state index in [4.69, 9.17) is 21.1 Å². The van der Waals surface area contributed by atoms with Crippen molar-refractivity contribution in [1.82, 2.24) is 15.0 Å². The summed E-state index contributed by atoms with van der Waals surface area (Å²) in [4.78, 5) is 12.9. The first kappa shape index (κ1) is 16.8. The van der Waals surface area contributed by atoms with Crippen LogP contribution in [0, 0.1) is 0 Å². The topological polar surface area (TPSA) is 69.2 Å². The second kappa shape index (κ2) is 7.68. The molecule has 1 saturated heterocycles. The van der Waals surface area contributed by atoms with Crippen LogP contribution in [0.2, 0.25) is 5.02 Å². The fourth-order valence-electron chi connectivity index (χ4n) is 2.47. The van der Waals surface area contributed by atoms with Crippen LogP contribution in [0.15, 0.2) is 54.9 Å². The van der Waals surface area contributed by atoms with Gasteiger partial charge in [-0.1, -0.05) is 41.9 Å². The van der Waals surface area contributed by atoms with Gasteiger partial charge in [0, 0.05) is 18.3 Å². The van der Waals surface area contributed by atoms with E-state index in [-0.39, 0.29) is 6.10 Å². The zero-order valence-electron chi connectivity index (χ0n) is 13.9. The third-order valence-electron chi connectivity index (χ3n) is 3.96. The second-order valence-corrected chi connectivity index (χ2v) is 6.30. The SMILES string of the molecule is Clc1cnc(NCc2ccc(-c3ccccn3)cc2)nc1OC1COC1. The Bertz CT molecular complexity index is 870. The van der Waals surface area contributed by atoms with Crippen LogP contribution in [0.5, 0.6) is 5.88 Å². The Kier molecular flexibility index (Phi) is 4.95. The molecule has 0 radical (unpaired) electrons. The molecule has 1 aliphatic heterocycles. The molecular weight excluding hydrogens is 352 g/mol. The average molecular weight is 369 g/mol. The minimum absolute atomic E-state index is 0.00869. The molecule has 1 aromatic carbocycles. The molecule has 0 spiro atoms. The van der Waals surface area contributed by atoms with Crippen molar-refractivity contribution in [3.63, 3.8) is 0 Å². The quantitative estimate of drug-likeness (QED) is 0.717. The van der Waals surface area contributed by atoms with Crippen LogP contribution in [-0.4, -0.2) is 34.3 Å². The smallest absolute Gasteiger partial charge is 0.237 e. The summed E-state index contributed by atoms with van der Waals surface area (Å²) in [5, 5.41) is 3.58. The van der Waals surface area contributed by atoms with E-state index in [1.807, 2.05) is 30.3 Å². The van der Waals surface area contributed by atoms with Crippen LogP contribution in [-0.2, 0) is 11.3 Å². The molecule has 0 atom stereocenters. The van der Waals surface area contributed by atoms with Gasteiger partial charge in [0.1, 0.15) is 11.1 Å². The number of rotatable bonds is 6.